The molecule has 9 nitrogen and oxygen atoms in total. The lowest BCUT2D eigenvalue weighted by atomic mass is 9.98. The maximum absolute atomic E-state index is 12.8. The number of anilines is 1. The molecule has 0 saturated carbocycles. The average molecular weight is 384 g/mol. The van der Waals surface area contributed by atoms with Crippen molar-refractivity contribution in [3.05, 3.63) is 35.0 Å². The predicted molar refractivity (Wildman–Crippen MR) is 101 cm³/mol. The fourth-order valence-corrected chi connectivity index (χ4v) is 3.70. The molecule has 2 aromatic heterocycles. The summed E-state index contributed by atoms with van der Waals surface area (Å²) in [5.41, 5.74) is 1.98. The van der Waals surface area contributed by atoms with Crippen molar-refractivity contribution in [3.8, 4) is 0 Å². The number of nitrogens with one attached hydrogen (secondary N) is 1. The standard InChI is InChI=1S/C19H24N6O3/c1-5-19(3)15-12(10-28-19)9-20-16(22-15)17(26)21-13-6-7-25-14(8-11(2)23-25)24(4)18(13)27/h8-9,13H,5-7,10H2,1-4H3,(H,21,26)/t13-,19+/m0/s1. The molecule has 0 unspecified atom stereocenters. The van der Waals surface area contributed by atoms with Crippen LogP contribution in [0.25, 0.3) is 0 Å². The van der Waals surface area contributed by atoms with E-state index in [1.54, 1.807) is 17.9 Å². The third-order valence-corrected chi connectivity index (χ3v) is 5.58. The summed E-state index contributed by atoms with van der Waals surface area (Å²) >= 11 is 0. The van der Waals surface area contributed by atoms with Crippen LogP contribution in [0.4, 0.5) is 5.82 Å². The number of rotatable bonds is 3. The fourth-order valence-electron chi connectivity index (χ4n) is 3.70. The first-order valence-electron chi connectivity index (χ1n) is 9.45. The summed E-state index contributed by atoms with van der Waals surface area (Å²) in [6.07, 6.45) is 2.83. The first kappa shape index (κ1) is 18.5. The molecule has 2 aliphatic heterocycles. The highest BCUT2D eigenvalue weighted by molar-refractivity contribution is 6.00. The molecule has 2 aromatic rings. The Morgan fingerprint density at radius 1 is 1.46 bits per heavy atom. The Morgan fingerprint density at radius 2 is 2.25 bits per heavy atom. The van der Waals surface area contributed by atoms with Crippen molar-refractivity contribution in [1.29, 1.82) is 0 Å². The quantitative estimate of drug-likeness (QED) is 0.856. The van der Waals surface area contributed by atoms with Gasteiger partial charge in [-0.2, -0.15) is 5.10 Å². The third-order valence-electron chi connectivity index (χ3n) is 5.58. The van der Waals surface area contributed by atoms with Gasteiger partial charge in [0, 0.05) is 31.4 Å². The summed E-state index contributed by atoms with van der Waals surface area (Å²) in [5.74, 6) is 0.131. The normalized spacial score (nSPS) is 23.9. The van der Waals surface area contributed by atoms with Crippen LogP contribution < -0.4 is 10.2 Å². The number of fused-ring (bicyclic) bond motifs is 2. The zero-order chi connectivity index (χ0) is 20.1. The number of aromatic nitrogens is 4. The molecule has 2 amide bonds. The summed E-state index contributed by atoms with van der Waals surface area (Å²) in [6, 6.07) is 1.20. The number of likely N-dealkylation sites (N-methyl/N-ethyl adjacent to an activating group) is 1. The van der Waals surface area contributed by atoms with E-state index in [4.69, 9.17) is 4.74 Å². The number of hydrogen-bond donors (Lipinski definition) is 1. The van der Waals surface area contributed by atoms with Crippen LogP contribution in [0.2, 0.25) is 0 Å². The van der Waals surface area contributed by atoms with Crippen molar-refractivity contribution in [1.82, 2.24) is 25.1 Å². The molecule has 2 atom stereocenters. The Balaban J connectivity index is 1.54. The molecule has 1 N–H and O–H groups in total. The van der Waals surface area contributed by atoms with Crippen LogP contribution in [-0.2, 0) is 28.3 Å². The lowest BCUT2D eigenvalue weighted by molar-refractivity contribution is -0.120. The van der Waals surface area contributed by atoms with Crippen LogP contribution >= 0.6 is 0 Å². The topological polar surface area (TPSA) is 102 Å². The van der Waals surface area contributed by atoms with Crippen molar-refractivity contribution >= 4 is 17.6 Å². The van der Waals surface area contributed by atoms with Gasteiger partial charge in [0.1, 0.15) is 17.5 Å². The Hall–Kier alpha value is -2.81. The van der Waals surface area contributed by atoms with Gasteiger partial charge in [0.05, 0.1) is 18.0 Å². The van der Waals surface area contributed by atoms with Gasteiger partial charge in [-0.1, -0.05) is 6.92 Å². The maximum atomic E-state index is 12.8. The minimum Gasteiger partial charge on any atom is -0.364 e. The zero-order valence-electron chi connectivity index (χ0n) is 16.5. The predicted octanol–water partition coefficient (Wildman–Crippen LogP) is 1.30. The van der Waals surface area contributed by atoms with Crippen LogP contribution in [0.15, 0.2) is 12.3 Å². The maximum Gasteiger partial charge on any atom is 0.289 e. The number of carbonyl (C=O) groups is 2. The second-order valence-corrected chi connectivity index (χ2v) is 7.52. The number of amides is 2. The van der Waals surface area contributed by atoms with E-state index in [0.29, 0.717) is 19.6 Å². The van der Waals surface area contributed by atoms with Crippen LogP contribution in [0.5, 0.6) is 0 Å². The molecule has 0 spiro atoms. The lowest BCUT2D eigenvalue weighted by Crippen LogP contribution is -2.47. The second kappa shape index (κ2) is 6.66. The van der Waals surface area contributed by atoms with E-state index in [1.165, 1.54) is 4.90 Å². The molecule has 4 heterocycles. The number of carbonyl (C=O) groups excluding carboxylic acids is 2. The largest absolute Gasteiger partial charge is 0.364 e. The van der Waals surface area contributed by atoms with Gasteiger partial charge in [-0.15, -0.1) is 0 Å². The van der Waals surface area contributed by atoms with Crippen molar-refractivity contribution < 1.29 is 14.3 Å². The third kappa shape index (κ3) is 2.95. The Labute approximate surface area is 163 Å². The highest BCUT2D eigenvalue weighted by Crippen LogP contribution is 2.36. The fraction of sp³-hybridized carbons (Fsp3) is 0.526. The number of aryl methyl sites for hydroxylation is 2. The minimum atomic E-state index is -0.662. The molecular weight excluding hydrogens is 360 g/mol. The van der Waals surface area contributed by atoms with E-state index < -0.39 is 17.6 Å². The molecule has 2 aliphatic rings. The van der Waals surface area contributed by atoms with E-state index in [9.17, 15) is 9.59 Å². The van der Waals surface area contributed by atoms with Gasteiger partial charge in [-0.25, -0.2) is 14.6 Å². The van der Waals surface area contributed by atoms with Crippen LogP contribution in [0, 0.1) is 6.92 Å². The van der Waals surface area contributed by atoms with Crippen molar-refractivity contribution in [3.63, 3.8) is 0 Å². The average Bonchev–Trinajstić information content (AvgIpc) is 3.21. The van der Waals surface area contributed by atoms with Gasteiger partial charge in [0.25, 0.3) is 11.8 Å². The molecule has 4 rings (SSSR count). The summed E-state index contributed by atoms with van der Waals surface area (Å²) in [4.78, 5) is 35.8. The van der Waals surface area contributed by atoms with Gasteiger partial charge in [-0.05, 0) is 26.7 Å². The van der Waals surface area contributed by atoms with Gasteiger partial charge in [0.2, 0.25) is 5.82 Å². The lowest BCUT2D eigenvalue weighted by Gasteiger charge is -2.22. The van der Waals surface area contributed by atoms with E-state index in [2.05, 4.69) is 20.4 Å². The van der Waals surface area contributed by atoms with E-state index in [0.717, 1.165) is 29.2 Å². The van der Waals surface area contributed by atoms with Gasteiger partial charge >= 0.3 is 0 Å². The highest BCUT2D eigenvalue weighted by atomic mass is 16.5. The molecule has 0 aliphatic carbocycles. The monoisotopic (exact) mass is 384 g/mol. The molecule has 0 radical (unpaired) electrons. The number of ether oxygens (including phenoxy) is 1. The van der Waals surface area contributed by atoms with Gasteiger partial charge in [0.15, 0.2) is 0 Å². The number of hydrogen-bond acceptors (Lipinski definition) is 6. The summed E-state index contributed by atoms with van der Waals surface area (Å²) < 4.78 is 7.61. The summed E-state index contributed by atoms with van der Waals surface area (Å²) in [5, 5.41) is 7.20. The van der Waals surface area contributed by atoms with Crippen LogP contribution in [0.3, 0.4) is 0 Å². The van der Waals surface area contributed by atoms with Crippen LogP contribution in [-0.4, -0.2) is 44.7 Å². The van der Waals surface area contributed by atoms with E-state index in [1.807, 2.05) is 26.8 Å². The van der Waals surface area contributed by atoms with E-state index >= 15 is 0 Å². The van der Waals surface area contributed by atoms with Gasteiger partial charge < -0.3 is 10.1 Å². The molecule has 0 saturated heterocycles. The Bertz CT molecular complexity index is 955. The smallest absolute Gasteiger partial charge is 0.289 e. The van der Waals surface area contributed by atoms with Crippen molar-refractivity contribution in [2.45, 2.75) is 58.4 Å². The van der Waals surface area contributed by atoms with E-state index in [-0.39, 0.29) is 11.7 Å². The second-order valence-electron chi connectivity index (χ2n) is 7.52. The molecule has 28 heavy (non-hydrogen) atoms. The molecule has 0 aromatic carbocycles. The highest BCUT2D eigenvalue weighted by Gasteiger charge is 2.37. The molecule has 148 valence electrons. The SMILES string of the molecule is CC[C@@]1(C)OCc2cnc(C(=O)N[C@H]3CCn4nc(C)cc4N(C)C3=O)nc21. The number of nitrogens with zero attached hydrogens (tertiary/aromatic N) is 5. The zero-order valence-corrected chi connectivity index (χ0v) is 16.5. The van der Waals surface area contributed by atoms with Crippen molar-refractivity contribution in [2.24, 2.45) is 0 Å². The first-order valence-corrected chi connectivity index (χ1v) is 9.45. The Morgan fingerprint density at radius 3 is 3.00 bits per heavy atom. The molecular formula is C19H24N6O3. The summed E-state index contributed by atoms with van der Waals surface area (Å²) in [6.45, 7) is 6.84. The first-order chi connectivity index (χ1) is 13.3. The molecule has 9 heteroatoms. The summed E-state index contributed by atoms with van der Waals surface area (Å²) in [7, 11) is 1.69. The van der Waals surface area contributed by atoms with Gasteiger partial charge in [-0.3, -0.25) is 14.5 Å². The van der Waals surface area contributed by atoms with Crippen molar-refractivity contribution in [2.75, 3.05) is 11.9 Å². The molecule has 0 bridgehead atoms. The van der Waals surface area contributed by atoms with Crippen LogP contribution in [0.1, 0.15) is 54.3 Å². The Kier molecular flexibility index (Phi) is 4.41. The molecule has 0 fully saturated rings. The minimum absolute atomic E-state index is 0.0530.